The molecule has 0 radical (unpaired) electrons. The number of benzene rings is 1. The van der Waals surface area contributed by atoms with Crippen molar-refractivity contribution in [1.29, 1.82) is 0 Å². The highest BCUT2D eigenvalue weighted by molar-refractivity contribution is 7.91. The van der Waals surface area contributed by atoms with Crippen molar-refractivity contribution in [3.05, 3.63) is 29.8 Å². The van der Waals surface area contributed by atoms with Gasteiger partial charge in [-0.05, 0) is 32.3 Å². The van der Waals surface area contributed by atoms with Crippen molar-refractivity contribution in [2.24, 2.45) is 0 Å². The summed E-state index contributed by atoms with van der Waals surface area (Å²) in [7, 11) is -1.26. The number of para-hydroxylation sites is 1. The van der Waals surface area contributed by atoms with Crippen LogP contribution in [0.2, 0.25) is 0 Å². The van der Waals surface area contributed by atoms with E-state index >= 15 is 0 Å². The summed E-state index contributed by atoms with van der Waals surface area (Å²) in [6.45, 7) is 2.10. The average Bonchev–Trinajstić information content (AvgIpc) is 2.46. The van der Waals surface area contributed by atoms with Gasteiger partial charge in [0, 0.05) is 23.9 Å². The lowest BCUT2D eigenvalue weighted by atomic mass is 9.93. The maximum Gasteiger partial charge on any atom is 0.150 e. The first kappa shape index (κ1) is 16.3. The van der Waals surface area contributed by atoms with Gasteiger partial charge >= 0.3 is 0 Å². The molecule has 1 saturated carbocycles. The van der Waals surface area contributed by atoms with Crippen molar-refractivity contribution >= 4 is 9.84 Å². The van der Waals surface area contributed by atoms with Gasteiger partial charge in [-0.25, -0.2) is 8.42 Å². The zero-order valence-electron chi connectivity index (χ0n) is 13.0. The van der Waals surface area contributed by atoms with Gasteiger partial charge in [-0.3, -0.25) is 0 Å². The van der Waals surface area contributed by atoms with Crippen LogP contribution in [0.25, 0.3) is 0 Å². The van der Waals surface area contributed by atoms with E-state index in [1.165, 1.54) is 6.26 Å². The fraction of sp³-hybridized carbons (Fsp3) is 0.625. The molecule has 0 aliphatic heterocycles. The van der Waals surface area contributed by atoms with E-state index in [2.05, 4.69) is 12.2 Å². The monoisotopic (exact) mass is 311 g/mol. The SMILES string of the molecule is COc1ccccc1[C@H](C)NC1CCCC(S(C)(=O)=O)C1. The van der Waals surface area contributed by atoms with Crippen molar-refractivity contribution in [2.45, 2.75) is 49.9 Å². The lowest BCUT2D eigenvalue weighted by molar-refractivity contribution is 0.339. The summed E-state index contributed by atoms with van der Waals surface area (Å²) in [6, 6.07) is 8.34. The molecule has 0 bridgehead atoms. The Hall–Kier alpha value is -1.07. The Morgan fingerprint density at radius 3 is 2.67 bits per heavy atom. The topological polar surface area (TPSA) is 55.4 Å². The molecule has 118 valence electrons. The minimum atomic E-state index is -2.94. The second-order valence-corrected chi connectivity index (χ2v) is 8.27. The number of methoxy groups -OCH3 is 1. The lowest BCUT2D eigenvalue weighted by Crippen LogP contribution is -2.39. The van der Waals surface area contributed by atoms with Gasteiger partial charge in [0.1, 0.15) is 15.6 Å². The first-order chi connectivity index (χ1) is 9.91. The summed E-state index contributed by atoms with van der Waals surface area (Å²) in [4.78, 5) is 0. The Morgan fingerprint density at radius 1 is 1.29 bits per heavy atom. The molecule has 2 unspecified atom stereocenters. The number of sulfone groups is 1. The van der Waals surface area contributed by atoms with Gasteiger partial charge in [0.15, 0.2) is 0 Å². The molecule has 5 heteroatoms. The summed E-state index contributed by atoms with van der Waals surface area (Å²) in [5.74, 6) is 0.868. The van der Waals surface area contributed by atoms with Gasteiger partial charge in [0.25, 0.3) is 0 Å². The van der Waals surface area contributed by atoms with Gasteiger partial charge in [-0.15, -0.1) is 0 Å². The fourth-order valence-corrected chi connectivity index (χ4v) is 4.33. The standard InChI is InChI=1S/C16H25NO3S/c1-12(15-9-4-5-10-16(15)20-2)17-13-7-6-8-14(11-13)21(3,18)19/h4-5,9-10,12-14,17H,6-8,11H2,1-3H3/t12-,13?,14?/m0/s1. The molecule has 1 aliphatic carbocycles. The second kappa shape index (κ2) is 6.79. The van der Waals surface area contributed by atoms with Crippen molar-refractivity contribution < 1.29 is 13.2 Å². The number of hydrogen-bond acceptors (Lipinski definition) is 4. The molecular formula is C16H25NO3S. The Morgan fingerprint density at radius 2 is 2.00 bits per heavy atom. The Labute approximate surface area is 127 Å². The third-order valence-corrected chi connectivity index (χ3v) is 5.96. The van der Waals surface area contributed by atoms with E-state index in [0.717, 1.165) is 30.6 Å². The number of nitrogens with one attached hydrogen (secondary N) is 1. The summed E-state index contributed by atoms with van der Waals surface area (Å²) < 4.78 is 28.9. The first-order valence-corrected chi connectivity index (χ1v) is 9.45. The number of hydrogen-bond donors (Lipinski definition) is 1. The largest absolute Gasteiger partial charge is 0.496 e. The molecule has 0 saturated heterocycles. The van der Waals surface area contributed by atoms with Gasteiger partial charge in [0.05, 0.1) is 12.4 Å². The molecule has 1 aromatic rings. The van der Waals surface area contributed by atoms with E-state index in [-0.39, 0.29) is 17.3 Å². The minimum Gasteiger partial charge on any atom is -0.496 e. The predicted octanol–water partition coefficient (Wildman–Crippen LogP) is 2.70. The highest BCUT2D eigenvalue weighted by atomic mass is 32.2. The third kappa shape index (κ3) is 4.20. The fourth-order valence-electron chi connectivity index (χ4n) is 3.15. The molecule has 4 nitrogen and oxygen atoms in total. The first-order valence-electron chi connectivity index (χ1n) is 7.49. The Balaban J connectivity index is 2.04. The lowest BCUT2D eigenvalue weighted by Gasteiger charge is -2.31. The van der Waals surface area contributed by atoms with E-state index in [9.17, 15) is 8.42 Å². The van der Waals surface area contributed by atoms with Crippen molar-refractivity contribution in [3.8, 4) is 5.75 Å². The van der Waals surface area contributed by atoms with Crippen LogP contribution >= 0.6 is 0 Å². The Kier molecular flexibility index (Phi) is 5.27. The molecule has 0 aromatic heterocycles. The van der Waals surface area contributed by atoms with E-state index in [4.69, 9.17) is 4.74 Å². The zero-order chi connectivity index (χ0) is 15.5. The predicted molar refractivity (Wildman–Crippen MR) is 85.4 cm³/mol. The van der Waals surface area contributed by atoms with Gasteiger partial charge in [-0.2, -0.15) is 0 Å². The normalized spacial score (nSPS) is 24.5. The zero-order valence-corrected chi connectivity index (χ0v) is 13.8. The maximum absolute atomic E-state index is 11.7. The minimum absolute atomic E-state index is 0.143. The second-order valence-electron chi connectivity index (χ2n) is 5.95. The van der Waals surface area contributed by atoms with Gasteiger partial charge in [0.2, 0.25) is 0 Å². The van der Waals surface area contributed by atoms with E-state index < -0.39 is 9.84 Å². The van der Waals surface area contributed by atoms with Crippen LogP contribution in [0.3, 0.4) is 0 Å². The van der Waals surface area contributed by atoms with Gasteiger partial charge < -0.3 is 10.1 Å². The molecule has 0 spiro atoms. The van der Waals surface area contributed by atoms with Crippen molar-refractivity contribution in [3.63, 3.8) is 0 Å². The van der Waals surface area contributed by atoms with Crippen LogP contribution in [-0.4, -0.2) is 33.1 Å². The van der Waals surface area contributed by atoms with Crippen LogP contribution < -0.4 is 10.1 Å². The highest BCUT2D eigenvalue weighted by Crippen LogP contribution is 2.28. The number of rotatable bonds is 5. The van der Waals surface area contributed by atoms with Crippen molar-refractivity contribution in [2.75, 3.05) is 13.4 Å². The molecule has 1 aromatic carbocycles. The van der Waals surface area contributed by atoms with E-state index in [1.54, 1.807) is 7.11 Å². The summed E-state index contributed by atoms with van der Waals surface area (Å²) >= 11 is 0. The van der Waals surface area contributed by atoms with E-state index in [1.807, 2.05) is 24.3 Å². The Bertz CT molecular complexity index is 571. The maximum atomic E-state index is 11.7. The average molecular weight is 311 g/mol. The molecule has 1 fully saturated rings. The molecule has 21 heavy (non-hydrogen) atoms. The third-order valence-electron chi connectivity index (χ3n) is 4.32. The van der Waals surface area contributed by atoms with Crippen LogP contribution in [0, 0.1) is 0 Å². The van der Waals surface area contributed by atoms with Crippen LogP contribution in [0.15, 0.2) is 24.3 Å². The van der Waals surface area contributed by atoms with Crippen LogP contribution in [0.5, 0.6) is 5.75 Å². The molecule has 2 rings (SSSR count). The summed E-state index contributed by atoms with van der Waals surface area (Å²) in [5.41, 5.74) is 1.11. The smallest absolute Gasteiger partial charge is 0.150 e. The molecule has 3 atom stereocenters. The number of ether oxygens (including phenoxy) is 1. The van der Waals surface area contributed by atoms with Gasteiger partial charge in [-0.1, -0.05) is 24.6 Å². The molecule has 1 aliphatic rings. The quantitative estimate of drug-likeness (QED) is 0.908. The van der Waals surface area contributed by atoms with Crippen LogP contribution in [0.4, 0.5) is 0 Å². The van der Waals surface area contributed by atoms with Crippen molar-refractivity contribution in [1.82, 2.24) is 5.32 Å². The molecular weight excluding hydrogens is 286 g/mol. The highest BCUT2D eigenvalue weighted by Gasteiger charge is 2.29. The van der Waals surface area contributed by atoms with Crippen LogP contribution in [-0.2, 0) is 9.84 Å². The van der Waals surface area contributed by atoms with E-state index in [0.29, 0.717) is 6.42 Å². The summed E-state index contributed by atoms with van der Waals surface area (Å²) in [5, 5.41) is 3.37. The molecule has 0 amide bonds. The summed E-state index contributed by atoms with van der Waals surface area (Å²) in [6.07, 6.45) is 4.85. The molecule has 0 heterocycles. The van der Waals surface area contributed by atoms with Crippen LogP contribution in [0.1, 0.15) is 44.2 Å². The molecule has 1 N–H and O–H groups in total.